The molecule has 0 aliphatic carbocycles. The molecule has 0 saturated carbocycles. The van der Waals surface area contributed by atoms with Gasteiger partial charge in [0.2, 0.25) is 41.9 Å². The van der Waals surface area contributed by atoms with Crippen molar-refractivity contribution >= 4 is 59.5 Å². The molecule has 3 N–H and O–H groups in total. The van der Waals surface area contributed by atoms with Crippen LogP contribution in [0.25, 0.3) is 0 Å². The lowest BCUT2D eigenvalue weighted by Crippen LogP contribution is -2.64. The maximum Gasteiger partial charge on any atom is 0.410 e. The minimum Gasteiger partial charge on any atom is -0.480 e. The average molecular weight is 1270 g/mol. The van der Waals surface area contributed by atoms with Gasteiger partial charge in [0.25, 0.3) is 0 Å². The van der Waals surface area contributed by atoms with E-state index < -0.39 is 145 Å². The molecule has 4 rings (SSSR count). The Morgan fingerprint density at radius 2 is 1.41 bits per heavy atom. The minimum absolute atomic E-state index is 0.0383. The van der Waals surface area contributed by atoms with Gasteiger partial charge in [-0.2, -0.15) is 0 Å². The van der Waals surface area contributed by atoms with Gasteiger partial charge in [0, 0.05) is 80.7 Å². The summed E-state index contributed by atoms with van der Waals surface area (Å²) in [6, 6.07) is 9.20. The van der Waals surface area contributed by atoms with Gasteiger partial charge < -0.3 is 73.1 Å². The number of nitrogens with zero attached hydrogens (tertiary/aromatic N) is 3. The van der Waals surface area contributed by atoms with E-state index in [0.29, 0.717) is 25.8 Å². The van der Waals surface area contributed by atoms with E-state index in [1.165, 1.54) is 51.4 Å². The second-order valence-electron chi connectivity index (χ2n) is 23.1. The monoisotopic (exact) mass is 1260 g/mol. The zero-order chi connectivity index (χ0) is 67.3. The number of carbonyl (C=O) groups excluding carboxylic acids is 10. The molecule has 2 aromatic rings. The van der Waals surface area contributed by atoms with E-state index in [-0.39, 0.29) is 54.2 Å². The number of hydrogen-bond acceptors (Lipinski definition) is 20. The predicted molar refractivity (Wildman–Crippen MR) is 324 cm³/mol. The molecule has 2 saturated heterocycles. The second kappa shape index (κ2) is 35.4. The van der Waals surface area contributed by atoms with E-state index in [9.17, 15) is 47.9 Å². The van der Waals surface area contributed by atoms with Crippen LogP contribution in [0.3, 0.4) is 0 Å². The molecule has 6 amide bonds. The molecule has 2 aliphatic rings. The Kier molecular flexibility index (Phi) is 29.3. The fraction of sp³-hybridized carbons (Fsp3) is 0.625. The van der Waals surface area contributed by atoms with E-state index in [1.54, 1.807) is 46.6 Å². The second-order valence-corrected chi connectivity index (χ2v) is 23.1. The number of benzene rings is 2. The van der Waals surface area contributed by atoms with Gasteiger partial charge >= 0.3 is 30.0 Å². The van der Waals surface area contributed by atoms with Crippen molar-refractivity contribution in [3.8, 4) is 23.8 Å². The van der Waals surface area contributed by atoms with Gasteiger partial charge in [-0.15, -0.1) is 6.42 Å². The molecule has 2 aliphatic heterocycles. The maximum absolute atomic E-state index is 14.9. The summed E-state index contributed by atoms with van der Waals surface area (Å²) < 4.78 is 56.7. The summed E-state index contributed by atoms with van der Waals surface area (Å²) in [5.74, 6) is -5.46. The molecule has 0 spiro atoms. The Hall–Kier alpha value is -8.02. The summed E-state index contributed by atoms with van der Waals surface area (Å²) in [7, 11) is 8.50. The fourth-order valence-corrected chi connectivity index (χ4v) is 11.4. The Bertz CT molecular complexity index is 2830. The summed E-state index contributed by atoms with van der Waals surface area (Å²) >= 11 is 0. The number of likely N-dealkylation sites (tertiary alicyclic amines) is 1. The molecular formula is C64H92N6O20. The molecular weight excluding hydrogens is 1170 g/mol. The number of methoxy groups -OCH3 is 3. The van der Waals surface area contributed by atoms with Crippen LogP contribution in [0.1, 0.15) is 106 Å². The van der Waals surface area contributed by atoms with Crippen molar-refractivity contribution in [2.75, 3.05) is 55.6 Å². The highest BCUT2D eigenvalue weighted by molar-refractivity contribution is 5.92. The topological polar surface area (TPSA) is 309 Å². The lowest BCUT2D eigenvalue weighted by molar-refractivity contribution is -0.282. The largest absolute Gasteiger partial charge is 0.480 e. The highest BCUT2D eigenvalue weighted by Gasteiger charge is 2.56. The van der Waals surface area contributed by atoms with Crippen molar-refractivity contribution < 1.29 is 95.3 Å². The van der Waals surface area contributed by atoms with Crippen LogP contribution in [0.5, 0.6) is 11.5 Å². The summed E-state index contributed by atoms with van der Waals surface area (Å²) in [6.45, 7) is 15.4. The number of amides is 6. The van der Waals surface area contributed by atoms with Gasteiger partial charge in [0.1, 0.15) is 42.8 Å². The number of likely N-dealkylation sites (N-methyl/N-ethyl adjacent to an activating group) is 3. The fourth-order valence-electron chi connectivity index (χ4n) is 11.4. The highest BCUT2D eigenvalue weighted by atomic mass is 16.7. The number of hydrogen-bond donors (Lipinski definition) is 3. The molecule has 0 bridgehead atoms. The van der Waals surface area contributed by atoms with Crippen LogP contribution in [0.4, 0.5) is 4.79 Å². The van der Waals surface area contributed by atoms with Gasteiger partial charge in [-0.1, -0.05) is 91.1 Å². The van der Waals surface area contributed by atoms with E-state index in [4.69, 9.17) is 53.8 Å². The van der Waals surface area contributed by atoms with Gasteiger partial charge in [0.15, 0.2) is 18.3 Å². The highest BCUT2D eigenvalue weighted by Crippen LogP contribution is 2.35. The third-order valence-electron chi connectivity index (χ3n) is 16.0. The Morgan fingerprint density at radius 1 is 0.778 bits per heavy atom. The quantitative estimate of drug-likeness (QED) is 0.0548. The number of carbonyl (C=O) groups is 10. The first-order valence-corrected chi connectivity index (χ1v) is 30.1. The molecule has 498 valence electrons. The van der Waals surface area contributed by atoms with E-state index in [2.05, 4.69) is 21.9 Å². The van der Waals surface area contributed by atoms with Crippen molar-refractivity contribution in [1.82, 2.24) is 30.7 Å². The summed E-state index contributed by atoms with van der Waals surface area (Å²) in [6.07, 6.45) is -3.35. The average Bonchev–Trinajstić information content (AvgIpc) is 0.985. The van der Waals surface area contributed by atoms with Gasteiger partial charge in [0.05, 0.1) is 43.7 Å². The summed E-state index contributed by atoms with van der Waals surface area (Å²) in [5, 5.41) is 8.45. The molecule has 14 atom stereocenters. The number of ether oxygens (including phenoxy) is 10. The molecule has 0 aromatic heterocycles. The zero-order valence-corrected chi connectivity index (χ0v) is 54.6. The third kappa shape index (κ3) is 20.0. The molecule has 90 heavy (non-hydrogen) atoms. The molecule has 26 nitrogen and oxygen atoms in total. The first kappa shape index (κ1) is 74.4. The van der Waals surface area contributed by atoms with Crippen LogP contribution < -0.4 is 25.4 Å². The Morgan fingerprint density at radius 3 is 1.97 bits per heavy atom. The number of esters is 4. The molecule has 2 fully saturated rings. The van der Waals surface area contributed by atoms with Crippen LogP contribution in [0.15, 0.2) is 48.5 Å². The summed E-state index contributed by atoms with van der Waals surface area (Å²) in [4.78, 5) is 139. The van der Waals surface area contributed by atoms with Crippen LogP contribution in [0.2, 0.25) is 0 Å². The van der Waals surface area contributed by atoms with Crippen LogP contribution >= 0.6 is 0 Å². The smallest absolute Gasteiger partial charge is 0.410 e. The first-order valence-electron chi connectivity index (χ1n) is 30.1. The molecule has 14 unspecified atom stereocenters. The lowest BCUT2D eigenvalue weighted by Gasteiger charge is -2.43. The van der Waals surface area contributed by atoms with Crippen molar-refractivity contribution in [2.45, 2.75) is 181 Å². The van der Waals surface area contributed by atoms with E-state index in [1.807, 2.05) is 44.2 Å². The molecule has 2 aromatic carbocycles. The Labute approximate surface area is 527 Å². The van der Waals surface area contributed by atoms with Crippen molar-refractivity contribution in [3.63, 3.8) is 0 Å². The zero-order valence-electron chi connectivity index (χ0n) is 54.6. The van der Waals surface area contributed by atoms with Crippen molar-refractivity contribution in [1.29, 1.82) is 0 Å². The minimum atomic E-state index is -1.74. The van der Waals surface area contributed by atoms with Gasteiger partial charge in [-0.05, 0) is 48.3 Å². The maximum atomic E-state index is 14.9. The molecule has 2 heterocycles. The first-order chi connectivity index (χ1) is 42.6. The predicted octanol–water partition coefficient (Wildman–Crippen LogP) is 3.90. The normalized spacial score (nSPS) is 20.6. The molecule has 26 heteroatoms. The van der Waals surface area contributed by atoms with Crippen LogP contribution in [-0.4, -0.2) is 203 Å². The number of rotatable bonds is 31. The van der Waals surface area contributed by atoms with E-state index in [0.717, 1.165) is 38.3 Å². The van der Waals surface area contributed by atoms with E-state index >= 15 is 0 Å². The number of terminal acetylenes is 1. The standard InChI is InChI=1S/C64H92N6O20/c1-18-30-84-47-32-44(89-63-57(88-41(11)73)55(87-40(10)72)54(86-39(9)71)56(90-63)62(79)83-17)28-27-43(47)34-85-64(80)69(14)51(36(5)6)60(77)67-50(35(3)4)61(78)68(13)52(37(7)19-2)48(81-15)33-49(74)70-29-23-26-46(70)53(82-16)38(8)58(75)66-45(59(76)65-12)31-42-24-21-20-22-25-42/h1,20-22,24-25,27-28,32,35-38,45-46,48,50-57,63H,19,23,26,29-31,33-34H2,2-17H3,(H,65,76)(H,66,75)(H,67,77). The van der Waals surface area contributed by atoms with Crippen molar-refractivity contribution in [2.24, 2.45) is 23.7 Å². The van der Waals surface area contributed by atoms with Crippen LogP contribution in [0, 0.1) is 36.0 Å². The number of nitrogens with one attached hydrogen (secondary N) is 3. The Balaban J connectivity index is 1.52. The lowest BCUT2D eigenvalue weighted by atomic mass is 9.89. The van der Waals surface area contributed by atoms with Gasteiger partial charge in [-0.25, -0.2) is 9.59 Å². The SMILES string of the molecule is C#CCOc1cc(OC2OC(C(=O)OC)C(OC(C)=O)C(OC(C)=O)C2OC(C)=O)ccc1COC(=O)N(C)C(C(=O)NC(C(=O)N(C)C(C(C)CC)C(CC(=O)N1CCCC1C(OC)C(C)C(=O)NC(Cc1ccccc1)C(=O)NC)OC)C(C)C)C(C)C. The van der Waals surface area contributed by atoms with Crippen LogP contribution in [-0.2, 0) is 94.1 Å². The molecule has 0 radical (unpaired) electrons. The van der Waals surface area contributed by atoms with Crippen molar-refractivity contribution in [3.05, 3.63) is 59.7 Å². The summed E-state index contributed by atoms with van der Waals surface area (Å²) in [5.41, 5.74) is 1.12. The third-order valence-corrected chi connectivity index (χ3v) is 16.0. The van der Waals surface area contributed by atoms with Gasteiger partial charge in [-0.3, -0.25) is 43.3 Å².